The molecule has 0 aliphatic rings. The molecule has 2 rings (SSSR count). The number of methoxy groups -OCH3 is 2. The molecule has 1 amide bonds. The van der Waals surface area contributed by atoms with Crippen LogP contribution >= 0.6 is 0 Å². The number of nitrogens with one attached hydrogen (secondary N) is 2. The Morgan fingerprint density at radius 2 is 1.77 bits per heavy atom. The summed E-state index contributed by atoms with van der Waals surface area (Å²) in [5.41, 5.74) is 0.675. The highest BCUT2D eigenvalue weighted by Crippen LogP contribution is 2.39. The van der Waals surface area contributed by atoms with Gasteiger partial charge in [0, 0.05) is 28.4 Å². The number of aromatic nitrogens is 1. The maximum absolute atomic E-state index is 13.0. The van der Waals surface area contributed by atoms with Crippen molar-refractivity contribution in [2.75, 3.05) is 20.8 Å². The molecule has 0 bridgehead atoms. The topological polar surface area (TPSA) is 107 Å². The fourth-order valence-electron chi connectivity index (χ4n) is 3.04. The van der Waals surface area contributed by atoms with Crippen molar-refractivity contribution in [1.29, 1.82) is 0 Å². The minimum absolute atomic E-state index is 0.0132. The van der Waals surface area contributed by atoms with Crippen molar-refractivity contribution >= 4 is 17.7 Å². The number of H-pyrrole nitrogens is 1. The van der Waals surface area contributed by atoms with Gasteiger partial charge in [0.25, 0.3) is 11.7 Å². The second kappa shape index (κ2) is 9.02. The first-order chi connectivity index (χ1) is 14.0. The predicted molar refractivity (Wildman–Crippen MR) is 112 cm³/mol. The Kier molecular flexibility index (Phi) is 6.92. The third-order valence-corrected chi connectivity index (χ3v) is 4.27. The summed E-state index contributed by atoms with van der Waals surface area (Å²) in [6.45, 7) is 8.82. The van der Waals surface area contributed by atoms with Crippen LogP contribution in [0.3, 0.4) is 0 Å². The molecular formula is C22H28N2O6. The van der Waals surface area contributed by atoms with Crippen LogP contribution < -0.4 is 14.8 Å². The fourth-order valence-corrected chi connectivity index (χ4v) is 3.04. The molecule has 0 fully saturated rings. The molecule has 0 aliphatic carbocycles. The summed E-state index contributed by atoms with van der Waals surface area (Å²) in [5.74, 6) is -1.26. The third kappa shape index (κ3) is 4.82. The van der Waals surface area contributed by atoms with Crippen LogP contribution in [0.2, 0.25) is 0 Å². The summed E-state index contributed by atoms with van der Waals surface area (Å²) in [7, 11) is 2.99. The van der Waals surface area contributed by atoms with Crippen LogP contribution in [-0.4, -0.2) is 49.0 Å². The van der Waals surface area contributed by atoms with Gasteiger partial charge in [-0.15, -0.1) is 0 Å². The first-order valence-corrected chi connectivity index (χ1v) is 9.53. The van der Waals surface area contributed by atoms with Crippen LogP contribution in [0.15, 0.2) is 18.2 Å². The van der Waals surface area contributed by atoms with E-state index in [-0.39, 0.29) is 23.4 Å². The van der Waals surface area contributed by atoms with Gasteiger partial charge in [-0.25, -0.2) is 4.79 Å². The molecule has 1 heterocycles. The number of ketones is 1. The lowest BCUT2D eigenvalue weighted by atomic mass is 9.97. The number of hydrogen-bond acceptors (Lipinski definition) is 6. The Bertz CT molecular complexity index is 969. The number of rotatable bonds is 7. The lowest BCUT2D eigenvalue weighted by Crippen LogP contribution is -2.44. The summed E-state index contributed by atoms with van der Waals surface area (Å²) in [5, 5.41) is 2.65. The Morgan fingerprint density at radius 1 is 1.10 bits per heavy atom. The van der Waals surface area contributed by atoms with Gasteiger partial charge in [-0.2, -0.15) is 0 Å². The van der Waals surface area contributed by atoms with E-state index in [1.54, 1.807) is 52.8 Å². The first kappa shape index (κ1) is 23.0. The molecule has 30 heavy (non-hydrogen) atoms. The molecule has 0 spiro atoms. The van der Waals surface area contributed by atoms with Crippen LogP contribution in [0, 0.1) is 6.92 Å². The number of amides is 1. The van der Waals surface area contributed by atoms with Gasteiger partial charge < -0.3 is 24.5 Å². The third-order valence-electron chi connectivity index (χ3n) is 4.27. The molecule has 0 aliphatic heterocycles. The standard InChI is InChI=1S/C22H28N2O6/c1-8-30-21(27)16-12(2)23-18(19(25)20(26)24-22(3,4)5)17(16)14-10-9-13(28-6)11-15(14)29-7/h9-11,23H,8H2,1-7H3,(H,24,26). The summed E-state index contributed by atoms with van der Waals surface area (Å²) in [6, 6.07) is 4.98. The molecule has 2 aromatic rings. The number of benzene rings is 1. The average molecular weight is 416 g/mol. The molecule has 0 radical (unpaired) electrons. The van der Waals surface area contributed by atoms with E-state index in [2.05, 4.69) is 10.3 Å². The van der Waals surface area contributed by atoms with Crippen LogP contribution in [0.5, 0.6) is 11.5 Å². The number of Topliss-reactive ketones (excluding diaryl/α,β-unsaturated/α-hetero) is 1. The highest BCUT2D eigenvalue weighted by molar-refractivity contribution is 6.44. The largest absolute Gasteiger partial charge is 0.497 e. The van der Waals surface area contributed by atoms with Gasteiger partial charge >= 0.3 is 5.97 Å². The normalized spacial score (nSPS) is 11.0. The molecule has 8 nitrogen and oxygen atoms in total. The minimum atomic E-state index is -0.795. The van der Waals surface area contributed by atoms with Crippen molar-refractivity contribution in [2.45, 2.75) is 40.2 Å². The monoisotopic (exact) mass is 416 g/mol. The minimum Gasteiger partial charge on any atom is -0.497 e. The molecule has 0 unspecified atom stereocenters. The van der Waals surface area contributed by atoms with Crippen molar-refractivity contribution < 1.29 is 28.6 Å². The van der Waals surface area contributed by atoms with Gasteiger partial charge in [0.1, 0.15) is 17.2 Å². The molecular weight excluding hydrogens is 388 g/mol. The number of esters is 1. The Balaban J connectivity index is 2.74. The predicted octanol–water partition coefficient (Wildman–Crippen LogP) is 3.28. The van der Waals surface area contributed by atoms with Crippen molar-refractivity contribution in [2.24, 2.45) is 0 Å². The SMILES string of the molecule is CCOC(=O)c1c(C)[nH]c(C(=O)C(=O)NC(C)(C)C)c1-c1ccc(OC)cc1OC. The number of hydrogen-bond donors (Lipinski definition) is 2. The fraction of sp³-hybridized carbons (Fsp3) is 0.409. The summed E-state index contributed by atoms with van der Waals surface area (Å²) in [6.07, 6.45) is 0. The lowest BCUT2D eigenvalue weighted by Gasteiger charge is -2.20. The summed E-state index contributed by atoms with van der Waals surface area (Å²) < 4.78 is 15.9. The van der Waals surface area contributed by atoms with Gasteiger partial charge in [-0.1, -0.05) is 0 Å². The number of aryl methyl sites for hydroxylation is 1. The Hall–Kier alpha value is -3.29. The molecule has 1 aromatic heterocycles. The van der Waals surface area contributed by atoms with Gasteiger partial charge in [0.15, 0.2) is 0 Å². The zero-order chi connectivity index (χ0) is 22.6. The van der Waals surface area contributed by atoms with Crippen LogP contribution in [-0.2, 0) is 9.53 Å². The molecule has 8 heteroatoms. The molecule has 2 N–H and O–H groups in total. The Morgan fingerprint density at radius 3 is 2.30 bits per heavy atom. The first-order valence-electron chi connectivity index (χ1n) is 9.53. The van der Waals surface area contributed by atoms with Gasteiger partial charge in [0.2, 0.25) is 0 Å². The number of carbonyl (C=O) groups is 3. The van der Waals surface area contributed by atoms with Crippen LogP contribution in [0.1, 0.15) is 54.2 Å². The quantitative estimate of drug-likeness (QED) is 0.408. The van der Waals surface area contributed by atoms with E-state index < -0.39 is 23.2 Å². The molecule has 0 saturated carbocycles. The van der Waals surface area contributed by atoms with E-state index in [4.69, 9.17) is 14.2 Å². The van der Waals surface area contributed by atoms with Crippen molar-refractivity contribution in [1.82, 2.24) is 10.3 Å². The van der Waals surface area contributed by atoms with Crippen molar-refractivity contribution in [3.63, 3.8) is 0 Å². The summed E-state index contributed by atoms with van der Waals surface area (Å²) >= 11 is 0. The zero-order valence-corrected chi connectivity index (χ0v) is 18.4. The van der Waals surface area contributed by atoms with Gasteiger partial charge in [0.05, 0.1) is 26.4 Å². The number of ether oxygens (including phenoxy) is 3. The second-order valence-corrected chi connectivity index (χ2v) is 7.69. The average Bonchev–Trinajstić information content (AvgIpc) is 3.02. The highest BCUT2D eigenvalue weighted by atomic mass is 16.5. The van der Waals surface area contributed by atoms with Gasteiger partial charge in [-0.3, -0.25) is 9.59 Å². The maximum Gasteiger partial charge on any atom is 0.340 e. The van der Waals surface area contributed by atoms with Crippen LogP contribution in [0.25, 0.3) is 11.1 Å². The van der Waals surface area contributed by atoms with E-state index in [0.717, 1.165) is 0 Å². The Labute approximate surface area is 175 Å². The second-order valence-electron chi connectivity index (χ2n) is 7.69. The molecule has 1 aromatic carbocycles. The summed E-state index contributed by atoms with van der Waals surface area (Å²) in [4.78, 5) is 41.2. The molecule has 162 valence electrons. The van der Waals surface area contributed by atoms with E-state index in [9.17, 15) is 14.4 Å². The lowest BCUT2D eigenvalue weighted by molar-refractivity contribution is -0.118. The number of carbonyl (C=O) groups excluding carboxylic acids is 3. The van der Waals surface area contributed by atoms with Crippen molar-refractivity contribution in [3.05, 3.63) is 35.2 Å². The highest BCUT2D eigenvalue weighted by Gasteiger charge is 2.32. The van der Waals surface area contributed by atoms with Gasteiger partial charge in [-0.05, 0) is 46.8 Å². The number of aromatic amines is 1. The zero-order valence-electron chi connectivity index (χ0n) is 18.4. The van der Waals surface area contributed by atoms with Crippen molar-refractivity contribution in [3.8, 4) is 22.6 Å². The molecule has 0 atom stereocenters. The smallest absolute Gasteiger partial charge is 0.340 e. The molecule has 0 saturated heterocycles. The van der Waals surface area contributed by atoms with Crippen LogP contribution in [0.4, 0.5) is 0 Å². The van der Waals surface area contributed by atoms with E-state index in [0.29, 0.717) is 22.8 Å². The van der Waals surface area contributed by atoms with E-state index in [1.807, 2.05) is 0 Å². The van der Waals surface area contributed by atoms with E-state index in [1.165, 1.54) is 14.2 Å². The van der Waals surface area contributed by atoms with E-state index >= 15 is 0 Å². The maximum atomic E-state index is 13.0.